The molecular weight excluding hydrogens is 556 g/mol. The second-order valence-electron chi connectivity index (χ2n) is 9.39. The maximum atomic E-state index is 12.6. The first-order valence-corrected chi connectivity index (χ1v) is 13.1. The van der Waals surface area contributed by atoms with Crippen LogP contribution in [0, 0.1) is 0 Å². The molecule has 1 aromatic rings. The maximum absolute atomic E-state index is 12.6. The summed E-state index contributed by atoms with van der Waals surface area (Å²) in [5.41, 5.74) is 0.856. The number of aldehydes is 1. The lowest BCUT2D eigenvalue weighted by molar-refractivity contribution is -0.288. The van der Waals surface area contributed by atoms with Crippen LogP contribution in [-0.2, 0) is 47.6 Å². The SMILES string of the molecule is CC(=O)OCC1OC(Oc2ccc(C(=O)OCC3=CCCC=C3)cc2C=O)[C@H](OC(C)=O)[C@@H](OC(C)=O)[C@H]1OC(C)=O. The predicted octanol–water partition coefficient (Wildman–Crippen LogP) is 2.39. The topological polar surface area (TPSA) is 167 Å². The van der Waals surface area contributed by atoms with Gasteiger partial charge < -0.3 is 33.2 Å². The summed E-state index contributed by atoms with van der Waals surface area (Å²) in [4.78, 5) is 72.0. The number of hydrogen-bond donors (Lipinski definition) is 0. The molecule has 1 saturated heterocycles. The molecule has 1 heterocycles. The number of ether oxygens (including phenoxy) is 7. The molecule has 0 aromatic heterocycles. The van der Waals surface area contributed by atoms with Gasteiger partial charge >= 0.3 is 29.8 Å². The van der Waals surface area contributed by atoms with Crippen molar-refractivity contribution in [3.05, 3.63) is 53.1 Å². The van der Waals surface area contributed by atoms with E-state index in [4.69, 9.17) is 33.2 Å². The van der Waals surface area contributed by atoms with E-state index >= 15 is 0 Å². The Morgan fingerprint density at radius 1 is 0.857 bits per heavy atom. The Bertz CT molecular complexity index is 1260. The summed E-state index contributed by atoms with van der Waals surface area (Å²) in [5.74, 6) is -3.83. The Kier molecular flexibility index (Phi) is 11.4. The van der Waals surface area contributed by atoms with Crippen LogP contribution >= 0.6 is 0 Å². The molecule has 0 saturated carbocycles. The van der Waals surface area contributed by atoms with Crippen molar-refractivity contribution in [2.45, 2.75) is 71.2 Å². The predicted molar refractivity (Wildman–Crippen MR) is 141 cm³/mol. The van der Waals surface area contributed by atoms with Gasteiger partial charge in [0, 0.05) is 27.7 Å². The summed E-state index contributed by atoms with van der Waals surface area (Å²) >= 11 is 0. The molecule has 0 N–H and O–H groups in total. The van der Waals surface area contributed by atoms with Crippen LogP contribution in [-0.4, -0.2) is 80.1 Å². The van der Waals surface area contributed by atoms with Gasteiger partial charge in [-0.15, -0.1) is 0 Å². The zero-order valence-electron chi connectivity index (χ0n) is 23.6. The molecule has 1 aliphatic carbocycles. The molecule has 0 spiro atoms. The van der Waals surface area contributed by atoms with Crippen LogP contribution in [0.25, 0.3) is 0 Å². The fraction of sp³-hybridized carbons (Fsp3) is 0.448. The molecule has 0 bridgehead atoms. The lowest BCUT2D eigenvalue weighted by Crippen LogP contribution is -2.63. The second kappa shape index (κ2) is 14.9. The fourth-order valence-corrected chi connectivity index (χ4v) is 4.29. The molecule has 2 aliphatic rings. The molecule has 42 heavy (non-hydrogen) atoms. The lowest BCUT2D eigenvalue weighted by Gasteiger charge is -2.44. The van der Waals surface area contributed by atoms with Crippen molar-refractivity contribution in [3.8, 4) is 5.75 Å². The third kappa shape index (κ3) is 8.99. The largest absolute Gasteiger partial charge is 0.463 e. The van der Waals surface area contributed by atoms with Crippen LogP contribution in [0.4, 0.5) is 0 Å². The van der Waals surface area contributed by atoms with E-state index in [1.54, 1.807) is 0 Å². The van der Waals surface area contributed by atoms with Crippen LogP contribution < -0.4 is 4.74 Å². The molecule has 1 aliphatic heterocycles. The van der Waals surface area contributed by atoms with E-state index in [1.165, 1.54) is 18.2 Å². The van der Waals surface area contributed by atoms with Crippen molar-refractivity contribution in [1.82, 2.24) is 0 Å². The number of carbonyl (C=O) groups excluding carboxylic acids is 6. The number of esters is 5. The summed E-state index contributed by atoms with van der Waals surface area (Å²) in [7, 11) is 0. The number of allylic oxidation sites excluding steroid dienone is 2. The van der Waals surface area contributed by atoms with E-state index in [9.17, 15) is 28.8 Å². The van der Waals surface area contributed by atoms with E-state index in [0.29, 0.717) is 6.29 Å². The van der Waals surface area contributed by atoms with Crippen molar-refractivity contribution in [2.75, 3.05) is 13.2 Å². The molecule has 13 nitrogen and oxygen atoms in total. The number of rotatable bonds is 11. The first-order valence-electron chi connectivity index (χ1n) is 13.1. The Hall–Kier alpha value is -4.52. The standard InChI is InChI=1S/C29H32O13/c1-16(31)36-15-24-25(38-17(2)32)26(39-18(3)33)27(40-19(4)34)29(42-24)41-23-11-10-21(12-22(23)13-30)28(35)37-14-20-8-6-5-7-9-20/h6,8-13,24-27,29H,5,7,14-15H2,1-4H3/t24?,25-,26-,27+,29?/m0/s1. The van der Waals surface area contributed by atoms with Gasteiger partial charge in [-0.1, -0.05) is 18.2 Å². The molecule has 0 radical (unpaired) electrons. The minimum absolute atomic E-state index is 0.0642. The van der Waals surface area contributed by atoms with Crippen LogP contribution in [0.2, 0.25) is 0 Å². The highest BCUT2D eigenvalue weighted by molar-refractivity contribution is 5.92. The van der Waals surface area contributed by atoms with E-state index in [2.05, 4.69) is 0 Å². The van der Waals surface area contributed by atoms with Crippen LogP contribution in [0.15, 0.2) is 42.0 Å². The number of hydrogen-bond acceptors (Lipinski definition) is 13. The first kappa shape index (κ1) is 32.0. The summed E-state index contributed by atoms with van der Waals surface area (Å²) in [6.07, 6.45) is 0.918. The molecule has 2 unspecified atom stereocenters. The Morgan fingerprint density at radius 3 is 2.12 bits per heavy atom. The van der Waals surface area contributed by atoms with E-state index < -0.39 is 67.2 Å². The zero-order valence-corrected chi connectivity index (χ0v) is 23.6. The molecule has 3 rings (SSSR count). The lowest BCUT2D eigenvalue weighted by atomic mass is 9.98. The van der Waals surface area contributed by atoms with Crippen LogP contribution in [0.5, 0.6) is 5.75 Å². The Morgan fingerprint density at radius 2 is 1.52 bits per heavy atom. The molecule has 5 atom stereocenters. The third-order valence-electron chi connectivity index (χ3n) is 6.01. The molecule has 1 aromatic carbocycles. The normalized spacial score (nSPS) is 23.0. The summed E-state index contributed by atoms with van der Waals surface area (Å²) in [6, 6.07) is 3.93. The Balaban J connectivity index is 1.91. The zero-order chi connectivity index (χ0) is 30.8. The molecule has 13 heteroatoms. The van der Waals surface area contributed by atoms with E-state index in [-0.39, 0.29) is 23.5 Å². The van der Waals surface area contributed by atoms with Gasteiger partial charge in [0.05, 0.1) is 11.1 Å². The van der Waals surface area contributed by atoms with E-state index in [1.807, 2.05) is 18.2 Å². The smallest absolute Gasteiger partial charge is 0.338 e. The van der Waals surface area contributed by atoms with Crippen LogP contribution in [0.3, 0.4) is 0 Å². The average molecular weight is 589 g/mol. The first-order chi connectivity index (χ1) is 20.0. The van der Waals surface area contributed by atoms with Gasteiger partial charge in [0.2, 0.25) is 12.4 Å². The van der Waals surface area contributed by atoms with Gasteiger partial charge in [-0.25, -0.2) is 4.79 Å². The van der Waals surface area contributed by atoms with Crippen LogP contribution in [0.1, 0.15) is 61.3 Å². The van der Waals surface area contributed by atoms with Gasteiger partial charge in [0.1, 0.15) is 25.1 Å². The van der Waals surface area contributed by atoms with Crippen molar-refractivity contribution < 1.29 is 61.9 Å². The highest BCUT2D eigenvalue weighted by atomic mass is 16.7. The van der Waals surface area contributed by atoms with Gasteiger partial charge in [-0.2, -0.15) is 0 Å². The van der Waals surface area contributed by atoms with E-state index in [0.717, 1.165) is 46.1 Å². The summed E-state index contributed by atoms with van der Waals surface area (Å²) < 4.78 is 38.2. The van der Waals surface area contributed by atoms with Gasteiger partial charge in [0.15, 0.2) is 18.5 Å². The van der Waals surface area contributed by atoms with Crippen molar-refractivity contribution >= 4 is 36.1 Å². The number of benzene rings is 1. The van der Waals surface area contributed by atoms with Gasteiger partial charge in [-0.05, 0) is 36.6 Å². The fourth-order valence-electron chi connectivity index (χ4n) is 4.29. The molecular formula is C29H32O13. The van der Waals surface area contributed by atoms with Crippen molar-refractivity contribution in [2.24, 2.45) is 0 Å². The summed E-state index contributed by atoms with van der Waals surface area (Å²) in [6.45, 7) is 4.04. The monoisotopic (exact) mass is 588 g/mol. The minimum atomic E-state index is -1.55. The average Bonchev–Trinajstić information content (AvgIpc) is 2.93. The minimum Gasteiger partial charge on any atom is -0.463 e. The molecule has 226 valence electrons. The number of carbonyl (C=O) groups is 6. The van der Waals surface area contributed by atoms with Gasteiger partial charge in [0.25, 0.3) is 0 Å². The molecule has 1 fully saturated rings. The quantitative estimate of drug-likeness (QED) is 0.210. The summed E-state index contributed by atoms with van der Waals surface area (Å²) in [5, 5.41) is 0. The van der Waals surface area contributed by atoms with Gasteiger partial charge in [-0.3, -0.25) is 24.0 Å². The highest BCUT2D eigenvalue weighted by Gasteiger charge is 2.53. The maximum Gasteiger partial charge on any atom is 0.338 e. The second-order valence-corrected chi connectivity index (χ2v) is 9.39. The molecule has 0 amide bonds. The highest BCUT2D eigenvalue weighted by Crippen LogP contribution is 2.32. The third-order valence-corrected chi connectivity index (χ3v) is 6.01. The Labute approximate surface area is 241 Å². The van der Waals surface area contributed by atoms with Crippen molar-refractivity contribution in [1.29, 1.82) is 0 Å². The van der Waals surface area contributed by atoms with Crippen molar-refractivity contribution in [3.63, 3.8) is 0 Å².